The standard InChI is InChI=1S/C22H20F3N3O2/c23-15-1-7-18(8-2-15)26-22(14-13-21(29)30,27-19-9-3-16(24)4-10-19)28-20-11-5-17(25)6-12-20/h1-12,26-28H,13-14H2,(H,29,30). The van der Waals surface area contributed by atoms with Gasteiger partial charge in [0.25, 0.3) is 0 Å². The van der Waals surface area contributed by atoms with Crippen LogP contribution in [0.25, 0.3) is 0 Å². The number of carboxylic acid groups (broad SMARTS) is 1. The van der Waals surface area contributed by atoms with Gasteiger partial charge in [0.1, 0.15) is 17.5 Å². The minimum absolute atomic E-state index is 0.0362. The molecule has 3 aromatic rings. The van der Waals surface area contributed by atoms with E-state index in [9.17, 15) is 23.1 Å². The van der Waals surface area contributed by atoms with E-state index in [1.165, 1.54) is 72.8 Å². The fraction of sp³-hybridized carbons (Fsp3) is 0.136. The van der Waals surface area contributed by atoms with Gasteiger partial charge in [-0.15, -0.1) is 0 Å². The predicted octanol–water partition coefficient (Wildman–Crippen LogP) is 5.26. The average molecular weight is 415 g/mol. The summed E-state index contributed by atoms with van der Waals surface area (Å²) < 4.78 is 40.0. The molecule has 0 saturated heterocycles. The summed E-state index contributed by atoms with van der Waals surface area (Å²) in [6.07, 6.45) is -0.189. The van der Waals surface area contributed by atoms with Crippen molar-refractivity contribution >= 4 is 23.0 Å². The highest BCUT2D eigenvalue weighted by molar-refractivity contribution is 5.68. The Morgan fingerprint density at radius 3 is 1.23 bits per heavy atom. The Hall–Kier alpha value is -3.68. The van der Waals surface area contributed by atoms with Crippen LogP contribution in [-0.2, 0) is 4.79 Å². The molecule has 156 valence electrons. The highest BCUT2D eigenvalue weighted by Gasteiger charge is 2.31. The zero-order chi connectivity index (χ0) is 21.6. The van der Waals surface area contributed by atoms with E-state index in [-0.39, 0.29) is 12.8 Å². The molecule has 5 nitrogen and oxygen atoms in total. The summed E-state index contributed by atoms with van der Waals surface area (Å²) in [4.78, 5) is 11.3. The fourth-order valence-electron chi connectivity index (χ4n) is 2.91. The molecule has 0 fully saturated rings. The number of hydrogen-bond donors (Lipinski definition) is 4. The number of carbonyl (C=O) groups is 1. The molecular weight excluding hydrogens is 395 g/mol. The Labute approximate surface area is 171 Å². The van der Waals surface area contributed by atoms with Gasteiger partial charge in [0, 0.05) is 23.5 Å². The van der Waals surface area contributed by atoms with E-state index in [1.54, 1.807) is 0 Å². The first-order valence-electron chi connectivity index (χ1n) is 9.17. The Bertz CT molecular complexity index is 862. The van der Waals surface area contributed by atoms with Crippen molar-refractivity contribution in [2.24, 2.45) is 0 Å². The van der Waals surface area contributed by atoms with Gasteiger partial charge in [0.05, 0.1) is 6.42 Å². The zero-order valence-corrected chi connectivity index (χ0v) is 15.8. The third kappa shape index (κ3) is 5.91. The molecule has 0 spiro atoms. The second-order valence-corrected chi connectivity index (χ2v) is 6.69. The van der Waals surface area contributed by atoms with Gasteiger partial charge in [-0.1, -0.05) is 0 Å². The lowest BCUT2D eigenvalue weighted by molar-refractivity contribution is -0.137. The molecule has 0 aromatic heterocycles. The Morgan fingerprint density at radius 2 is 0.967 bits per heavy atom. The molecule has 0 heterocycles. The van der Waals surface area contributed by atoms with Crippen molar-refractivity contribution in [1.29, 1.82) is 0 Å². The lowest BCUT2D eigenvalue weighted by Gasteiger charge is -2.39. The first-order chi connectivity index (χ1) is 14.3. The second kappa shape index (κ2) is 9.21. The van der Waals surface area contributed by atoms with Gasteiger partial charge in [0.15, 0.2) is 5.79 Å². The molecule has 0 unspecified atom stereocenters. The van der Waals surface area contributed by atoms with Crippen molar-refractivity contribution in [3.05, 3.63) is 90.2 Å². The highest BCUT2D eigenvalue weighted by atomic mass is 19.1. The van der Waals surface area contributed by atoms with E-state index in [0.29, 0.717) is 17.1 Å². The first-order valence-corrected chi connectivity index (χ1v) is 9.17. The Kier molecular flexibility index (Phi) is 6.46. The number of benzene rings is 3. The van der Waals surface area contributed by atoms with Gasteiger partial charge in [0.2, 0.25) is 0 Å². The lowest BCUT2D eigenvalue weighted by Crippen LogP contribution is -2.53. The fourth-order valence-corrected chi connectivity index (χ4v) is 2.91. The van der Waals surface area contributed by atoms with Crippen LogP contribution >= 0.6 is 0 Å². The molecule has 0 aliphatic carbocycles. The summed E-state index contributed by atoms with van der Waals surface area (Å²) in [7, 11) is 0. The van der Waals surface area contributed by atoms with Crippen LogP contribution in [0.15, 0.2) is 72.8 Å². The van der Waals surface area contributed by atoms with Crippen molar-refractivity contribution in [3.63, 3.8) is 0 Å². The van der Waals surface area contributed by atoms with Crippen LogP contribution in [0.4, 0.5) is 30.2 Å². The van der Waals surface area contributed by atoms with E-state index in [1.807, 2.05) is 0 Å². The van der Waals surface area contributed by atoms with Crippen molar-refractivity contribution in [2.45, 2.75) is 18.6 Å². The van der Waals surface area contributed by atoms with Crippen molar-refractivity contribution < 1.29 is 23.1 Å². The van der Waals surface area contributed by atoms with Crippen LogP contribution in [0.1, 0.15) is 12.8 Å². The zero-order valence-electron chi connectivity index (χ0n) is 15.8. The van der Waals surface area contributed by atoms with Crippen molar-refractivity contribution in [3.8, 4) is 0 Å². The van der Waals surface area contributed by atoms with E-state index < -0.39 is 29.2 Å². The first kappa shape index (κ1) is 21.0. The topological polar surface area (TPSA) is 73.4 Å². The quantitative estimate of drug-likeness (QED) is 0.359. The van der Waals surface area contributed by atoms with E-state index in [2.05, 4.69) is 16.0 Å². The normalized spacial score (nSPS) is 11.0. The lowest BCUT2D eigenvalue weighted by atomic mass is 10.1. The molecule has 30 heavy (non-hydrogen) atoms. The minimum atomic E-state index is -1.27. The summed E-state index contributed by atoms with van der Waals surface area (Å²) in [6, 6.07) is 16.6. The van der Waals surface area contributed by atoms with Crippen LogP contribution in [0.5, 0.6) is 0 Å². The number of hydrogen-bond acceptors (Lipinski definition) is 4. The maximum absolute atomic E-state index is 13.3. The molecule has 0 aliphatic rings. The molecular formula is C22H20F3N3O2. The van der Waals surface area contributed by atoms with Crippen molar-refractivity contribution in [1.82, 2.24) is 0 Å². The Balaban J connectivity index is 1.99. The van der Waals surface area contributed by atoms with Crippen molar-refractivity contribution in [2.75, 3.05) is 16.0 Å². The molecule has 3 rings (SSSR count). The molecule has 0 amide bonds. The maximum atomic E-state index is 13.3. The van der Waals surface area contributed by atoms with Crippen LogP contribution < -0.4 is 16.0 Å². The largest absolute Gasteiger partial charge is 0.481 e. The van der Waals surface area contributed by atoms with E-state index >= 15 is 0 Å². The van der Waals surface area contributed by atoms with Gasteiger partial charge in [-0.05, 0) is 72.8 Å². The molecule has 0 atom stereocenters. The third-order valence-corrected chi connectivity index (χ3v) is 4.32. The number of anilines is 3. The Morgan fingerprint density at radius 1 is 0.667 bits per heavy atom. The van der Waals surface area contributed by atoms with Crippen LogP contribution in [0, 0.1) is 17.5 Å². The monoisotopic (exact) mass is 415 g/mol. The third-order valence-electron chi connectivity index (χ3n) is 4.32. The maximum Gasteiger partial charge on any atom is 0.303 e. The molecule has 3 aromatic carbocycles. The molecule has 0 radical (unpaired) electrons. The number of halogens is 3. The summed E-state index contributed by atoms with van der Waals surface area (Å²) >= 11 is 0. The van der Waals surface area contributed by atoms with E-state index in [0.717, 1.165) is 0 Å². The highest BCUT2D eigenvalue weighted by Crippen LogP contribution is 2.26. The number of rotatable bonds is 9. The van der Waals surface area contributed by atoms with E-state index in [4.69, 9.17) is 0 Å². The van der Waals surface area contributed by atoms with Gasteiger partial charge in [-0.25, -0.2) is 13.2 Å². The van der Waals surface area contributed by atoms with Gasteiger partial charge < -0.3 is 21.1 Å². The van der Waals surface area contributed by atoms with Crippen LogP contribution in [-0.4, -0.2) is 16.9 Å². The minimum Gasteiger partial charge on any atom is -0.481 e. The molecule has 8 heteroatoms. The molecule has 0 saturated carbocycles. The van der Waals surface area contributed by atoms with Gasteiger partial charge in [-0.2, -0.15) is 0 Å². The molecule has 4 N–H and O–H groups in total. The number of carboxylic acids is 1. The van der Waals surface area contributed by atoms with Gasteiger partial charge in [-0.3, -0.25) is 4.79 Å². The SMILES string of the molecule is O=C(O)CCC(Nc1ccc(F)cc1)(Nc1ccc(F)cc1)Nc1ccc(F)cc1. The average Bonchev–Trinajstić information content (AvgIpc) is 2.72. The number of nitrogens with one attached hydrogen (secondary N) is 3. The smallest absolute Gasteiger partial charge is 0.303 e. The second-order valence-electron chi connectivity index (χ2n) is 6.69. The van der Waals surface area contributed by atoms with Crippen LogP contribution in [0.2, 0.25) is 0 Å². The summed E-state index contributed by atoms with van der Waals surface area (Å²) in [5, 5.41) is 18.7. The molecule has 0 bridgehead atoms. The summed E-state index contributed by atoms with van der Waals surface area (Å²) in [5.41, 5.74) is 1.52. The van der Waals surface area contributed by atoms with Crippen LogP contribution in [0.3, 0.4) is 0 Å². The van der Waals surface area contributed by atoms with Gasteiger partial charge >= 0.3 is 5.97 Å². The number of aliphatic carboxylic acids is 1. The predicted molar refractivity (Wildman–Crippen MR) is 110 cm³/mol. The summed E-state index contributed by atoms with van der Waals surface area (Å²) in [5.74, 6) is -3.56. The summed E-state index contributed by atoms with van der Waals surface area (Å²) in [6.45, 7) is 0. The molecule has 0 aliphatic heterocycles.